The lowest BCUT2D eigenvalue weighted by molar-refractivity contribution is -0.135. The van der Waals surface area contributed by atoms with E-state index in [0.29, 0.717) is 29.4 Å². The molecule has 174 valence electrons. The third kappa shape index (κ3) is 3.75. The van der Waals surface area contributed by atoms with Crippen LogP contribution < -0.4 is 5.32 Å². The SMILES string of the molecule is CCN=C(NC1C2CCOC2C12CCCC2)N1CCN(C(C)C(=O)N2CCCC2)CC1. The van der Waals surface area contributed by atoms with Crippen molar-refractivity contribution in [3.05, 3.63) is 0 Å². The molecule has 0 aromatic carbocycles. The second-order valence-electron chi connectivity index (χ2n) is 10.3. The molecular formula is C24H41N5O2. The summed E-state index contributed by atoms with van der Waals surface area (Å²) in [5, 5.41) is 3.94. The number of guanidine groups is 1. The summed E-state index contributed by atoms with van der Waals surface area (Å²) in [7, 11) is 0. The first-order chi connectivity index (χ1) is 15.1. The molecule has 5 aliphatic rings. The number of carbonyl (C=O) groups excluding carboxylic acids is 1. The molecule has 1 amide bonds. The van der Waals surface area contributed by atoms with Crippen LogP contribution in [-0.4, -0.2) is 97.2 Å². The van der Waals surface area contributed by atoms with Crippen LogP contribution >= 0.6 is 0 Å². The van der Waals surface area contributed by atoms with E-state index in [1.807, 2.05) is 0 Å². The molecule has 5 fully saturated rings. The Kier molecular flexibility index (Phi) is 6.17. The summed E-state index contributed by atoms with van der Waals surface area (Å²) in [5.74, 6) is 2.05. The number of ether oxygens (including phenoxy) is 1. The van der Waals surface area contributed by atoms with Crippen molar-refractivity contribution < 1.29 is 9.53 Å². The molecule has 4 atom stereocenters. The van der Waals surface area contributed by atoms with Gasteiger partial charge >= 0.3 is 0 Å². The van der Waals surface area contributed by atoms with Crippen LogP contribution in [-0.2, 0) is 9.53 Å². The predicted molar refractivity (Wildman–Crippen MR) is 122 cm³/mol. The zero-order chi connectivity index (χ0) is 21.4. The van der Waals surface area contributed by atoms with E-state index in [9.17, 15) is 4.79 Å². The van der Waals surface area contributed by atoms with Crippen LogP contribution in [0.25, 0.3) is 0 Å². The highest BCUT2D eigenvalue weighted by Crippen LogP contribution is 2.60. The van der Waals surface area contributed by atoms with Gasteiger partial charge in [-0.15, -0.1) is 0 Å². The van der Waals surface area contributed by atoms with E-state index >= 15 is 0 Å². The highest BCUT2D eigenvalue weighted by atomic mass is 16.5. The summed E-state index contributed by atoms with van der Waals surface area (Å²) in [5.41, 5.74) is 0.341. The molecule has 0 aromatic heterocycles. The second-order valence-corrected chi connectivity index (χ2v) is 10.3. The van der Waals surface area contributed by atoms with Crippen LogP contribution in [0, 0.1) is 11.3 Å². The fraction of sp³-hybridized carbons (Fsp3) is 0.917. The van der Waals surface area contributed by atoms with E-state index in [1.54, 1.807) is 0 Å². The molecule has 7 heteroatoms. The molecule has 0 aromatic rings. The standard InChI is InChI=1S/C24H41N5O2/c1-3-25-23(26-20-19-8-17-31-21(19)24(20)9-4-5-10-24)29-15-13-27(14-16-29)18(2)22(30)28-11-6-7-12-28/h18-21H,3-17H2,1-2H3,(H,25,26). The first-order valence-corrected chi connectivity index (χ1v) is 12.8. The molecule has 2 saturated carbocycles. The van der Waals surface area contributed by atoms with E-state index < -0.39 is 0 Å². The molecule has 4 unspecified atom stereocenters. The van der Waals surface area contributed by atoms with Crippen LogP contribution in [0.4, 0.5) is 0 Å². The topological polar surface area (TPSA) is 60.4 Å². The van der Waals surface area contributed by atoms with Crippen molar-refractivity contribution in [2.75, 3.05) is 52.4 Å². The van der Waals surface area contributed by atoms with E-state index in [4.69, 9.17) is 9.73 Å². The van der Waals surface area contributed by atoms with E-state index in [-0.39, 0.29) is 6.04 Å². The minimum atomic E-state index is -0.00967. The number of hydrogen-bond acceptors (Lipinski definition) is 4. The molecule has 0 bridgehead atoms. The maximum Gasteiger partial charge on any atom is 0.239 e. The highest BCUT2D eigenvalue weighted by Gasteiger charge is 2.65. The van der Waals surface area contributed by atoms with Crippen molar-refractivity contribution >= 4 is 11.9 Å². The average molecular weight is 432 g/mol. The number of amides is 1. The number of carbonyl (C=O) groups is 1. The van der Waals surface area contributed by atoms with Gasteiger partial charge in [-0.3, -0.25) is 14.7 Å². The third-order valence-electron chi connectivity index (χ3n) is 8.82. The van der Waals surface area contributed by atoms with Gasteiger partial charge in [0.25, 0.3) is 0 Å². The molecule has 2 aliphatic carbocycles. The summed E-state index contributed by atoms with van der Waals surface area (Å²) in [4.78, 5) is 24.6. The third-order valence-corrected chi connectivity index (χ3v) is 8.82. The summed E-state index contributed by atoms with van der Waals surface area (Å²) in [6.45, 7) is 11.6. The highest BCUT2D eigenvalue weighted by molar-refractivity contribution is 5.82. The zero-order valence-electron chi connectivity index (χ0n) is 19.5. The van der Waals surface area contributed by atoms with E-state index in [0.717, 1.165) is 71.2 Å². The molecule has 3 saturated heterocycles. The Hall–Kier alpha value is -1.34. The van der Waals surface area contributed by atoms with E-state index in [2.05, 4.69) is 33.9 Å². The molecule has 7 nitrogen and oxygen atoms in total. The van der Waals surface area contributed by atoms with E-state index in [1.165, 1.54) is 32.1 Å². The summed E-state index contributed by atoms with van der Waals surface area (Å²) < 4.78 is 6.18. The maximum absolute atomic E-state index is 12.8. The Morgan fingerprint density at radius 1 is 1.06 bits per heavy atom. The van der Waals surface area contributed by atoms with Crippen molar-refractivity contribution in [1.29, 1.82) is 0 Å². The normalized spacial score (nSPS) is 34.1. The number of fused-ring (bicyclic) bond motifs is 2. The second kappa shape index (κ2) is 8.89. The fourth-order valence-electron chi connectivity index (χ4n) is 7.11. The molecule has 1 spiro atoms. The lowest BCUT2D eigenvalue weighted by Gasteiger charge is -2.57. The predicted octanol–water partition coefficient (Wildman–Crippen LogP) is 1.93. The number of aliphatic imine (C=N–C) groups is 1. The largest absolute Gasteiger partial charge is 0.377 e. The minimum Gasteiger partial charge on any atom is -0.377 e. The molecule has 0 radical (unpaired) electrons. The average Bonchev–Trinajstić information content (AvgIpc) is 3.56. The van der Waals surface area contributed by atoms with Gasteiger partial charge in [0.05, 0.1) is 12.1 Å². The lowest BCUT2D eigenvalue weighted by Crippen LogP contribution is -2.70. The van der Waals surface area contributed by atoms with Gasteiger partial charge in [0.15, 0.2) is 5.96 Å². The Labute approximate surface area is 187 Å². The van der Waals surface area contributed by atoms with Crippen molar-refractivity contribution in [3.63, 3.8) is 0 Å². The Morgan fingerprint density at radius 3 is 2.45 bits per heavy atom. The monoisotopic (exact) mass is 431 g/mol. The fourth-order valence-corrected chi connectivity index (χ4v) is 7.11. The van der Waals surface area contributed by atoms with Crippen molar-refractivity contribution in [3.8, 4) is 0 Å². The maximum atomic E-state index is 12.8. The Bertz CT molecular complexity index is 677. The summed E-state index contributed by atoms with van der Waals surface area (Å²) in [6, 6.07) is 0.506. The molecule has 1 N–H and O–H groups in total. The molecule has 31 heavy (non-hydrogen) atoms. The van der Waals surface area contributed by atoms with Crippen LogP contribution in [0.2, 0.25) is 0 Å². The van der Waals surface area contributed by atoms with Crippen molar-refractivity contribution in [1.82, 2.24) is 20.0 Å². The quantitative estimate of drug-likeness (QED) is 0.544. The molecule has 3 heterocycles. The van der Waals surface area contributed by atoms with Crippen molar-refractivity contribution in [2.45, 2.75) is 77.0 Å². The lowest BCUT2D eigenvalue weighted by atomic mass is 9.54. The van der Waals surface area contributed by atoms with Crippen LogP contribution in [0.15, 0.2) is 4.99 Å². The van der Waals surface area contributed by atoms with Crippen molar-refractivity contribution in [2.24, 2.45) is 16.3 Å². The van der Waals surface area contributed by atoms with Crippen LogP contribution in [0.3, 0.4) is 0 Å². The van der Waals surface area contributed by atoms with Gasteiger partial charge in [0.2, 0.25) is 5.91 Å². The Morgan fingerprint density at radius 2 is 1.77 bits per heavy atom. The zero-order valence-corrected chi connectivity index (χ0v) is 19.5. The van der Waals surface area contributed by atoms with Gasteiger partial charge in [0.1, 0.15) is 0 Å². The number of piperazine rings is 1. The number of hydrogen-bond donors (Lipinski definition) is 1. The smallest absolute Gasteiger partial charge is 0.239 e. The van der Waals surface area contributed by atoms with Crippen LogP contribution in [0.1, 0.15) is 58.8 Å². The molecule has 5 rings (SSSR count). The van der Waals surface area contributed by atoms with Gasteiger partial charge in [-0.2, -0.15) is 0 Å². The van der Waals surface area contributed by atoms with Gasteiger partial charge in [0, 0.05) is 69.8 Å². The first-order valence-electron chi connectivity index (χ1n) is 12.8. The summed E-state index contributed by atoms with van der Waals surface area (Å²) in [6.07, 6.45) is 9.26. The van der Waals surface area contributed by atoms with Gasteiger partial charge in [-0.25, -0.2) is 0 Å². The summed E-state index contributed by atoms with van der Waals surface area (Å²) >= 11 is 0. The number of nitrogens with one attached hydrogen (secondary N) is 1. The van der Waals surface area contributed by atoms with Gasteiger partial charge < -0.3 is 19.9 Å². The number of nitrogens with zero attached hydrogens (tertiary/aromatic N) is 4. The van der Waals surface area contributed by atoms with Gasteiger partial charge in [-0.1, -0.05) is 12.8 Å². The molecular weight excluding hydrogens is 390 g/mol. The first kappa shape index (κ1) is 21.5. The number of rotatable bonds is 4. The minimum absolute atomic E-state index is 0.00967. The van der Waals surface area contributed by atoms with Gasteiger partial charge in [-0.05, 0) is 46.0 Å². The van der Waals surface area contributed by atoms with Crippen LogP contribution in [0.5, 0.6) is 0 Å². The number of likely N-dealkylation sites (tertiary alicyclic amines) is 1. The molecule has 3 aliphatic heterocycles. The Balaban J connectivity index is 1.20.